The Morgan fingerprint density at radius 1 is 1.13 bits per heavy atom. The molecule has 0 radical (unpaired) electrons. The van der Waals surface area contributed by atoms with E-state index < -0.39 is 0 Å². The fourth-order valence-corrected chi connectivity index (χ4v) is 3.26. The number of hydrogen-bond acceptors (Lipinski definition) is 2. The smallest absolute Gasteiger partial charge is 0.229 e. The molecule has 3 nitrogen and oxygen atoms in total. The van der Waals surface area contributed by atoms with Crippen LogP contribution < -0.4 is 11.1 Å². The largest absolute Gasteiger partial charge is 0.349 e. The molecule has 2 unspecified atom stereocenters. The number of benzene rings is 2. The third kappa shape index (κ3) is 3.92. The van der Waals surface area contributed by atoms with Gasteiger partial charge in [0.25, 0.3) is 0 Å². The zero-order valence-electron chi connectivity index (χ0n) is 13.1. The summed E-state index contributed by atoms with van der Waals surface area (Å²) in [7, 11) is 0. The minimum Gasteiger partial charge on any atom is -0.349 e. The molecule has 122 valence electrons. The number of rotatable bonds is 4. The normalized spacial score (nSPS) is 17.5. The average Bonchev–Trinajstić information content (AvgIpc) is 2.57. The van der Waals surface area contributed by atoms with Gasteiger partial charge in [-0.3, -0.25) is 4.79 Å². The van der Waals surface area contributed by atoms with Gasteiger partial charge in [0.2, 0.25) is 5.91 Å². The SMILES string of the molecule is Cl.NCC(C(=O)NC1CCCc2ccccc21)c1ccccc1. The minimum atomic E-state index is -0.282. The molecule has 0 fully saturated rings. The van der Waals surface area contributed by atoms with Crippen LogP contribution in [0.5, 0.6) is 0 Å². The molecule has 1 aliphatic rings. The summed E-state index contributed by atoms with van der Waals surface area (Å²) in [5.41, 5.74) is 9.43. The highest BCUT2D eigenvalue weighted by Gasteiger charge is 2.25. The molecular formula is C19H23ClN2O. The fourth-order valence-electron chi connectivity index (χ4n) is 3.26. The number of nitrogens with two attached hydrogens (primary N) is 1. The summed E-state index contributed by atoms with van der Waals surface area (Å²) in [5.74, 6) is -0.259. The van der Waals surface area contributed by atoms with E-state index in [0.717, 1.165) is 24.8 Å². The molecule has 0 spiro atoms. The number of aryl methyl sites for hydroxylation is 1. The first-order valence-corrected chi connectivity index (χ1v) is 7.93. The molecule has 3 rings (SSSR count). The molecule has 0 aliphatic heterocycles. The highest BCUT2D eigenvalue weighted by molar-refractivity contribution is 5.85. The van der Waals surface area contributed by atoms with Crippen molar-refractivity contribution in [2.75, 3.05) is 6.54 Å². The van der Waals surface area contributed by atoms with Crippen molar-refractivity contribution in [1.29, 1.82) is 0 Å². The molecule has 0 aromatic heterocycles. The zero-order chi connectivity index (χ0) is 15.4. The number of carbonyl (C=O) groups is 1. The van der Waals surface area contributed by atoms with Crippen LogP contribution in [0.15, 0.2) is 54.6 Å². The van der Waals surface area contributed by atoms with E-state index in [1.165, 1.54) is 11.1 Å². The summed E-state index contributed by atoms with van der Waals surface area (Å²) in [6.45, 7) is 0.324. The number of nitrogens with one attached hydrogen (secondary N) is 1. The van der Waals surface area contributed by atoms with Crippen molar-refractivity contribution in [3.8, 4) is 0 Å². The van der Waals surface area contributed by atoms with Crippen LogP contribution in [0.4, 0.5) is 0 Å². The van der Waals surface area contributed by atoms with E-state index in [4.69, 9.17) is 5.73 Å². The van der Waals surface area contributed by atoms with Crippen molar-refractivity contribution >= 4 is 18.3 Å². The van der Waals surface area contributed by atoms with Crippen LogP contribution in [0.2, 0.25) is 0 Å². The van der Waals surface area contributed by atoms with Gasteiger partial charge in [-0.05, 0) is 36.0 Å². The Bertz CT molecular complexity index is 645. The summed E-state index contributed by atoms with van der Waals surface area (Å²) < 4.78 is 0. The second-order valence-electron chi connectivity index (χ2n) is 5.85. The first kappa shape index (κ1) is 17.5. The van der Waals surface area contributed by atoms with Crippen molar-refractivity contribution in [3.05, 3.63) is 71.3 Å². The first-order chi connectivity index (χ1) is 10.8. The van der Waals surface area contributed by atoms with Crippen molar-refractivity contribution in [3.63, 3.8) is 0 Å². The monoisotopic (exact) mass is 330 g/mol. The Morgan fingerprint density at radius 3 is 2.57 bits per heavy atom. The lowest BCUT2D eigenvalue weighted by Crippen LogP contribution is -2.37. The van der Waals surface area contributed by atoms with E-state index in [0.29, 0.717) is 6.54 Å². The van der Waals surface area contributed by atoms with Gasteiger partial charge in [-0.2, -0.15) is 0 Å². The number of hydrogen-bond donors (Lipinski definition) is 2. The third-order valence-corrected chi connectivity index (χ3v) is 4.44. The Hall–Kier alpha value is -1.84. The molecule has 2 atom stereocenters. The average molecular weight is 331 g/mol. The van der Waals surface area contributed by atoms with E-state index >= 15 is 0 Å². The molecule has 2 aromatic carbocycles. The minimum absolute atomic E-state index is 0. The van der Waals surface area contributed by atoms with Crippen molar-refractivity contribution in [1.82, 2.24) is 5.32 Å². The molecule has 2 aromatic rings. The van der Waals surface area contributed by atoms with Crippen LogP contribution >= 0.6 is 12.4 Å². The van der Waals surface area contributed by atoms with E-state index in [9.17, 15) is 4.79 Å². The maximum atomic E-state index is 12.7. The highest BCUT2D eigenvalue weighted by atomic mass is 35.5. The van der Waals surface area contributed by atoms with Crippen molar-refractivity contribution in [2.24, 2.45) is 5.73 Å². The standard InChI is InChI=1S/C19H22N2O.ClH/c20-13-17(15-7-2-1-3-8-15)19(22)21-18-12-6-10-14-9-4-5-11-16(14)18;/h1-5,7-9,11,17-18H,6,10,12-13,20H2,(H,21,22);1H. The number of carbonyl (C=O) groups excluding carboxylic acids is 1. The predicted molar refractivity (Wildman–Crippen MR) is 95.7 cm³/mol. The van der Waals surface area contributed by atoms with Gasteiger partial charge in [0.1, 0.15) is 0 Å². The summed E-state index contributed by atoms with van der Waals surface area (Å²) >= 11 is 0. The molecular weight excluding hydrogens is 308 g/mol. The number of halogens is 1. The molecule has 23 heavy (non-hydrogen) atoms. The van der Waals surface area contributed by atoms with Gasteiger partial charge in [0.15, 0.2) is 0 Å². The third-order valence-electron chi connectivity index (χ3n) is 4.44. The fraction of sp³-hybridized carbons (Fsp3) is 0.316. The van der Waals surface area contributed by atoms with Gasteiger partial charge in [-0.15, -0.1) is 12.4 Å². The van der Waals surface area contributed by atoms with Crippen LogP contribution in [0.25, 0.3) is 0 Å². The first-order valence-electron chi connectivity index (χ1n) is 7.93. The van der Waals surface area contributed by atoms with Crippen molar-refractivity contribution < 1.29 is 4.79 Å². The lowest BCUT2D eigenvalue weighted by molar-refractivity contribution is -0.123. The summed E-state index contributed by atoms with van der Waals surface area (Å²) in [4.78, 5) is 12.7. The zero-order valence-corrected chi connectivity index (χ0v) is 13.9. The van der Waals surface area contributed by atoms with E-state index in [-0.39, 0.29) is 30.3 Å². The summed E-state index contributed by atoms with van der Waals surface area (Å²) in [6.07, 6.45) is 3.21. The molecule has 0 saturated carbocycles. The van der Waals surface area contributed by atoms with Gasteiger partial charge in [-0.1, -0.05) is 54.6 Å². The van der Waals surface area contributed by atoms with Gasteiger partial charge in [0.05, 0.1) is 12.0 Å². The lowest BCUT2D eigenvalue weighted by Gasteiger charge is -2.28. The summed E-state index contributed by atoms with van der Waals surface area (Å²) in [6, 6.07) is 18.3. The molecule has 4 heteroatoms. The molecule has 1 amide bonds. The van der Waals surface area contributed by atoms with Crippen LogP contribution in [-0.4, -0.2) is 12.5 Å². The van der Waals surface area contributed by atoms with E-state index in [1.807, 2.05) is 36.4 Å². The predicted octanol–water partition coefficient (Wildman–Crippen LogP) is 3.34. The quantitative estimate of drug-likeness (QED) is 0.903. The van der Waals surface area contributed by atoms with Gasteiger partial charge in [-0.25, -0.2) is 0 Å². The number of amides is 1. The van der Waals surface area contributed by atoms with Crippen LogP contribution in [0.3, 0.4) is 0 Å². The van der Waals surface area contributed by atoms with Gasteiger partial charge >= 0.3 is 0 Å². The van der Waals surface area contributed by atoms with E-state index in [2.05, 4.69) is 23.5 Å². The number of fused-ring (bicyclic) bond motifs is 1. The Morgan fingerprint density at radius 2 is 1.83 bits per heavy atom. The molecule has 1 aliphatic carbocycles. The summed E-state index contributed by atoms with van der Waals surface area (Å²) in [5, 5.41) is 3.21. The maximum absolute atomic E-state index is 12.7. The second-order valence-corrected chi connectivity index (χ2v) is 5.85. The molecule has 3 N–H and O–H groups in total. The topological polar surface area (TPSA) is 55.1 Å². The Balaban J connectivity index is 0.00000192. The Labute approximate surface area is 143 Å². The van der Waals surface area contributed by atoms with Gasteiger partial charge in [0, 0.05) is 6.54 Å². The second kappa shape index (κ2) is 8.14. The molecule has 0 bridgehead atoms. The van der Waals surface area contributed by atoms with Crippen LogP contribution in [-0.2, 0) is 11.2 Å². The Kier molecular flexibility index (Phi) is 6.20. The molecule has 0 saturated heterocycles. The highest BCUT2D eigenvalue weighted by Crippen LogP contribution is 2.30. The van der Waals surface area contributed by atoms with Crippen LogP contribution in [0, 0.1) is 0 Å². The van der Waals surface area contributed by atoms with Gasteiger partial charge < -0.3 is 11.1 Å². The van der Waals surface area contributed by atoms with E-state index in [1.54, 1.807) is 0 Å². The van der Waals surface area contributed by atoms with Crippen molar-refractivity contribution in [2.45, 2.75) is 31.2 Å². The molecule has 0 heterocycles. The van der Waals surface area contributed by atoms with Crippen LogP contribution in [0.1, 0.15) is 41.5 Å². The lowest BCUT2D eigenvalue weighted by atomic mass is 9.87. The maximum Gasteiger partial charge on any atom is 0.229 e.